The molecule has 2 aromatic heterocycles. The molecule has 0 saturated carbocycles. The van der Waals surface area contributed by atoms with Crippen LogP contribution >= 0.6 is 22.9 Å². The third kappa shape index (κ3) is 5.09. The molecule has 0 saturated heterocycles. The van der Waals surface area contributed by atoms with Crippen LogP contribution in [0.15, 0.2) is 57.4 Å². The molecule has 0 bridgehead atoms. The van der Waals surface area contributed by atoms with Gasteiger partial charge >= 0.3 is 0 Å². The highest BCUT2D eigenvalue weighted by Gasteiger charge is 2.28. The number of nitrogens with one attached hydrogen (secondary N) is 1. The molecule has 10 nitrogen and oxygen atoms in total. The molecular weight excluding hydrogens is 488 g/mol. The first kappa shape index (κ1) is 23.0. The van der Waals surface area contributed by atoms with E-state index >= 15 is 0 Å². The molecule has 4 rings (SSSR count). The summed E-state index contributed by atoms with van der Waals surface area (Å²) < 4.78 is 31.7. The van der Waals surface area contributed by atoms with Gasteiger partial charge in [0.1, 0.15) is 0 Å². The van der Waals surface area contributed by atoms with Crippen molar-refractivity contribution in [3.63, 3.8) is 0 Å². The molecule has 0 aliphatic carbocycles. The lowest BCUT2D eigenvalue weighted by atomic mass is 10.1. The number of benzene rings is 2. The van der Waals surface area contributed by atoms with Crippen LogP contribution in [0.2, 0.25) is 5.02 Å². The molecule has 0 aliphatic rings. The number of anilines is 1. The van der Waals surface area contributed by atoms with E-state index in [0.717, 1.165) is 21.2 Å². The van der Waals surface area contributed by atoms with Crippen molar-refractivity contribution >= 4 is 44.0 Å². The van der Waals surface area contributed by atoms with Gasteiger partial charge in [0.2, 0.25) is 21.2 Å². The number of amides is 1. The second-order valence-electron chi connectivity index (χ2n) is 6.95. The normalized spacial score (nSPS) is 11.6. The molecule has 13 heteroatoms. The van der Waals surface area contributed by atoms with Crippen molar-refractivity contribution in [2.75, 3.05) is 12.4 Å². The number of rotatable bonds is 7. The minimum atomic E-state index is -4.01. The number of aryl methyl sites for hydroxylation is 1. The number of hydrogen-bond acceptors (Lipinski definition) is 9. The van der Waals surface area contributed by atoms with E-state index < -0.39 is 15.9 Å². The highest BCUT2D eigenvalue weighted by molar-refractivity contribution is 7.91. The highest BCUT2D eigenvalue weighted by atomic mass is 35.5. The van der Waals surface area contributed by atoms with Crippen molar-refractivity contribution in [1.29, 1.82) is 0 Å². The summed E-state index contributed by atoms with van der Waals surface area (Å²) in [5.41, 5.74) is 2.00. The van der Waals surface area contributed by atoms with Gasteiger partial charge in [0.05, 0.1) is 11.6 Å². The van der Waals surface area contributed by atoms with E-state index in [9.17, 15) is 13.2 Å². The number of hydrogen-bond donors (Lipinski definition) is 1. The molecule has 0 spiro atoms. The van der Waals surface area contributed by atoms with Crippen LogP contribution in [0.3, 0.4) is 0 Å². The number of halogens is 1. The van der Waals surface area contributed by atoms with Gasteiger partial charge in [0, 0.05) is 18.2 Å². The van der Waals surface area contributed by atoms with Crippen LogP contribution in [0.5, 0.6) is 0 Å². The lowest BCUT2D eigenvalue weighted by Gasteiger charge is -2.11. The molecule has 170 valence electrons. The first-order valence-corrected chi connectivity index (χ1v) is 12.1. The number of aromatic nitrogens is 4. The Morgan fingerprint density at radius 1 is 1.15 bits per heavy atom. The van der Waals surface area contributed by atoms with E-state index in [4.69, 9.17) is 16.1 Å². The average Bonchev–Trinajstić information content (AvgIpc) is 3.44. The zero-order valence-corrected chi connectivity index (χ0v) is 19.8. The summed E-state index contributed by atoms with van der Waals surface area (Å²) in [7, 11) is -2.66. The van der Waals surface area contributed by atoms with Crippen molar-refractivity contribution in [3.05, 3.63) is 70.6 Å². The quantitative estimate of drug-likeness (QED) is 0.377. The predicted molar refractivity (Wildman–Crippen MR) is 122 cm³/mol. The van der Waals surface area contributed by atoms with Crippen LogP contribution < -0.4 is 5.32 Å². The number of carbonyl (C=O) groups excluding carboxylic acids is 1. The van der Waals surface area contributed by atoms with Gasteiger partial charge in [-0.15, -0.1) is 10.2 Å². The Labute approximate surface area is 198 Å². The van der Waals surface area contributed by atoms with Crippen LogP contribution in [0.1, 0.15) is 21.8 Å². The molecule has 2 aromatic carbocycles. The maximum Gasteiger partial charge on any atom is 0.272 e. The first-order chi connectivity index (χ1) is 15.7. The molecule has 1 N–H and O–H groups in total. The summed E-state index contributed by atoms with van der Waals surface area (Å²) in [4.78, 5) is 16.5. The zero-order chi connectivity index (χ0) is 23.6. The number of nitrogens with zero attached hydrogens (tertiary/aromatic N) is 5. The van der Waals surface area contributed by atoms with Gasteiger partial charge in [-0.2, -0.15) is 9.29 Å². The van der Waals surface area contributed by atoms with Gasteiger partial charge in [0.25, 0.3) is 15.9 Å². The molecule has 4 aromatic rings. The topological polar surface area (TPSA) is 131 Å². The van der Waals surface area contributed by atoms with E-state index in [0.29, 0.717) is 16.1 Å². The molecule has 0 unspecified atom stereocenters. The van der Waals surface area contributed by atoms with Crippen LogP contribution in [-0.2, 0) is 16.6 Å². The van der Waals surface area contributed by atoms with Gasteiger partial charge in [-0.25, -0.2) is 8.42 Å². The Morgan fingerprint density at radius 3 is 2.61 bits per heavy atom. The van der Waals surface area contributed by atoms with Crippen LogP contribution in [0.4, 0.5) is 5.13 Å². The van der Waals surface area contributed by atoms with E-state index in [1.54, 1.807) is 48.5 Å². The van der Waals surface area contributed by atoms with E-state index in [-0.39, 0.29) is 27.7 Å². The highest BCUT2D eigenvalue weighted by Crippen LogP contribution is 2.27. The third-order valence-corrected chi connectivity index (χ3v) is 7.83. The van der Waals surface area contributed by atoms with Crippen LogP contribution in [-0.4, -0.2) is 46.0 Å². The molecule has 0 fully saturated rings. The summed E-state index contributed by atoms with van der Waals surface area (Å²) in [5, 5.41) is 14.4. The number of carbonyl (C=O) groups is 1. The van der Waals surface area contributed by atoms with Crippen molar-refractivity contribution < 1.29 is 17.7 Å². The third-order valence-electron chi connectivity index (χ3n) is 4.51. The Hall–Kier alpha value is -3.19. The van der Waals surface area contributed by atoms with E-state index in [1.807, 2.05) is 6.92 Å². The van der Waals surface area contributed by atoms with Crippen molar-refractivity contribution in [2.45, 2.75) is 17.8 Å². The fourth-order valence-electron chi connectivity index (χ4n) is 2.72. The maximum absolute atomic E-state index is 12.9. The lowest BCUT2D eigenvalue weighted by Crippen LogP contribution is -2.26. The summed E-state index contributed by atoms with van der Waals surface area (Å²) in [6, 6.07) is 13.9. The molecule has 2 heterocycles. The van der Waals surface area contributed by atoms with Gasteiger partial charge in [-0.05, 0) is 31.2 Å². The van der Waals surface area contributed by atoms with E-state index in [1.165, 1.54) is 7.05 Å². The predicted octanol–water partition coefficient (Wildman–Crippen LogP) is 3.62. The lowest BCUT2D eigenvalue weighted by molar-refractivity contribution is 0.102. The smallest absolute Gasteiger partial charge is 0.272 e. The van der Waals surface area contributed by atoms with Crippen molar-refractivity contribution in [2.24, 2.45) is 0 Å². The Kier molecular flexibility index (Phi) is 6.51. The first-order valence-electron chi connectivity index (χ1n) is 9.49. The molecule has 1 amide bonds. The minimum absolute atomic E-state index is 0.0614. The average molecular weight is 505 g/mol. The molecule has 0 radical (unpaired) electrons. The fraction of sp³-hybridized carbons (Fsp3) is 0.150. The van der Waals surface area contributed by atoms with E-state index in [2.05, 4.69) is 25.7 Å². The largest absolute Gasteiger partial charge is 0.338 e. The summed E-state index contributed by atoms with van der Waals surface area (Å²) in [5.74, 6) is -0.0896. The van der Waals surface area contributed by atoms with Crippen molar-refractivity contribution in [1.82, 2.24) is 24.6 Å². The summed E-state index contributed by atoms with van der Waals surface area (Å²) in [6.07, 6.45) is 0. The van der Waals surface area contributed by atoms with Gasteiger partial charge in [-0.3, -0.25) is 10.1 Å². The second kappa shape index (κ2) is 9.35. The summed E-state index contributed by atoms with van der Waals surface area (Å²) >= 11 is 6.88. The van der Waals surface area contributed by atoms with Crippen LogP contribution in [0, 0.1) is 6.92 Å². The molecular formula is C20H17ClN6O4S2. The van der Waals surface area contributed by atoms with Gasteiger partial charge in [0.15, 0.2) is 0 Å². The molecule has 33 heavy (non-hydrogen) atoms. The Bertz CT molecular complexity index is 1400. The zero-order valence-electron chi connectivity index (χ0n) is 17.4. The SMILES string of the molecule is Cc1ccc(C(=O)Nc2nnc(S(=O)(=O)N(C)Cc3nc(-c4ccccc4Cl)no3)s2)cc1. The van der Waals surface area contributed by atoms with Gasteiger partial charge in [-0.1, -0.05) is 57.9 Å². The van der Waals surface area contributed by atoms with Gasteiger partial charge < -0.3 is 4.52 Å². The fourth-order valence-corrected chi connectivity index (χ4v) is 5.14. The van der Waals surface area contributed by atoms with Crippen molar-refractivity contribution in [3.8, 4) is 11.4 Å². The minimum Gasteiger partial charge on any atom is -0.338 e. The van der Waals surface area contributed by atoms with Crippen LogP contribution in [0.25, 0.3) is 11.4 Å². The summed E-state index contributed by atoms with van der Waals surface area (Å²) in [6.45, 7) is 1.72. The standard InChI is InChI=1S/C20H17ClN6O4S2/c1-12-7-9-13(10-8-12)18(28)23-19-24-25-20(32-19)33(29,30)27(2)11-16-22-17(26-31-16)14-5-3-4-6-15(14)21/h3-10H,11H2,1-2H3,(H,23,24,28). The molecule has 0 aliphatic heterocycles. The monoisotopic (exact) mass is 504 g/mol. The Morgan fingerprint density at radius 2 is 1.88 bits per heavy atom. The maximum atomic E-state index is 12.9. The molecule has 0 atom stereocenters. The second-order valence-corrected chi connectivity index (χ2v) is 10.5. The Balaban J connectivity index is 1.45. The number of sulfonamides is 1.